The Labute approximate surface area is 125 Å². The van der Waals surface area contributed by atoms with Gasteiger partial charge in [-0.2, -0.15) is 0 Å². The van der Waals surface area contributed by atoms with E-state index in [0.717, 1.165) is 12.8 Å². The number of carbonyl (C=O) groups is 2. The number of rotatable bonds is 3. The molecule has 112 valence electrons. The third-order valence-corrected chi connectivity index (χ3v) is 4.56. The molecule has 2 rings (SSSR count). The van der Waals surface area contributed by atoms with E-state index < -0.39 is 0 Å². The lowest BCUT2D eigenvalue weighted by Crippen LogP contribution is -2.52. The van der Waals surface area contributed by atoms with Crippen LogP contribution < -0.4 is 5.32 Å². The molecule has 0 radical (unpaired) electrons. The highest BCUT2D eigenvalue weighted by Crippen LogP contribution is 2.26. The monoisotopic (exact) mass is 296 g/mol. The van der Waals surface area contributed by atoms with Gasteiger partial charge in [-0.25, -0.2) is 0 Å². The van der Waals surface area contributed by atoms with Gasteiger partial charge in [0.05, 0.1) is 5.88 Å². The molecule has 1 heterocycles. The van der Waals surface area contributed by atoms with E-state index in [4.69, 9.17) is 0 Å². The molecule has 0 unspecified atom stereocenters. The van der Waals surface area contributed by atoms with Gasteiger partial charge in [0.15, 0.2) is 0 Å². The molecule has 2 aliphatic rings. The molecule has 2 atom stereocenters. The average molecular weight is 296 g/mol. The molecule has 20 heavy (non-hydrogen) atoms. The van der Waals surface area contributed by atoms with Gasteiger partial charge >= 0.3 is 0 Å². The molecular weight excluding hydrogens is 272 g/mol. The second kappa shape index (κ2) is 6.20. The van der Waals surface area contributed by atoms with Crippen molar-refractivity contribution in [1.29, 1.82) is 0 Å². The molecular formula is C15H24N2O2S. The lowest BCUT2D eigenvalue weighted by molar-refractivity contribution is -0.139. The third-order valence-electron chi connectivity index (χ3n) is 3.55. The van der Waals surface area contributed by atoms with Crippen LogP contribution in [0.5, 0.6) is 0 Å². The van der Waals surface area contributed by atoms with Gasteiger partial charge in [-0.05, 0) is 39.5 Å². The second-order valence-corrected chi connectivity index (χ2v) is 7.59. The maximum atomic E-state index is 12.4. The molecule has 0 aromatic carbocycles. The Morgan fingerprint density at radius 3 is 2.75 bits per heavy atom. The number of thioether (sulfide) groups is 1. The molecule has 0 aromatic rings. The van der Waals surface area contributed by atoms with Crippen LogP contribution in [0.3, 0.4) is 0 Å². The van der Waals surface area contributed by atoms with Gasteiger partial charge in [0, 0.05) is 17.7 Å². The zero-order valence-electron chi connectivity index (χ0n) is 12.5. The van der Waals surface area contributed by atoms with Crippen molar-refractivity contribution in [3.8, 4) is 0 Å². The fraction of sp³-hybridized carbons (Fsp3) is 0.733. The van der Waals surface area contributed by atoms with Gasteiger partial charge in [-0.15, -0.1) is 11.8 Å². The first-order chi connectivity index (χ1) is 9.37. The zero-order chi connectivity index (χ0) is 14.8. The van der Waals surface area contributed by atoms with Crippen LogP contribution >= 0.6 is 11.8 Å². The maximum Gasteiger partial charge on any atom is 0.244 e. The molecule has 1 aliphatic heterocycles. The van der Waals surface area contributed by atoms with Crippen LogP contribution in [0.4, 0.5) is 0 Å². The van der Waals surface area contributed by atoms with E-state index in [1.54, 1.807) is 16.7 Å². The van der Waals surface area contributed by atoms with Gasteiger partial charge < -0.3 is 10.2 Å². The number of nitrogens with one attached hydrogen (secondary N) is 1. The van der Waals surface area contributed by atoms with Crippen LogP contribution in [0.1, 0.15) is 40.0 Å². The molecule has 0 aromatic heterocycles. The van der Waals surface area contributed by atoms with E-state index in [2.05, 4.69) is 17.5 Å². The predicted molar refractivity (Wildman–Crippen MR) is 82.3 cm³/mol. The summed E-state index contributed by atoms with van der Waals surface area (Å²) >= 11 is 1.66. The van der Waals surface area contributed by atoms with Gasteiger partial charge in [0.1, 0.15) is 6.04 Å². The summed E-state index contributed by atoms with van der Waals surface area (Å²) in [5, 5.41) is 2.98. The Hall–Kier alpha value is -0.970. The van der Waals surface area contributed by atoms with Crippen LogP contribution in [0.2, 0.25) is 0 Å². The van der Waals surface area contributed by atoms with Crippen molar-refractivity contribution in [3.63, 3.8) is 0 Å². The summed E-state index contributed by atoms with van der Waals surface area (Å²) in [6, 6.07) is -0.308. The minimum absolute atomic E-state index is 0.0298. The molecule has 0 saturated carbocycles. The summed E-state index contributed by atoms with van der Waals surface area (Å²) in [5.41, 5.74) is -0.257. The molecule has 1 fully saturated rings. The van der Waals surface area contributed by atoms with Crippen molar-refractivity contribution in [2.45, 2.75) is 51.6 Å². The number of allylic oxidation sites excluding steroid dienone is 2. The van der Waals surface area contributed by atoms with Crippen molar-refractivity contribution >= 4 is 23.6 Å². The summed E-state index contributed by atoms with van der Waals surface area (Å²) < 4.78 is 0. The molecule has 5 heteroatoms. The van der Waals surface area contributed by atoms with Gasteiger partial charge in [0.2, 0.25) is 11.8 Å². The molecule has 1 aliphatic carbocycles. The molecule has 4 nitrogen and oxygen atoms in total. The van der Waals surface area contributed by atoms with Crippen LogP contribution in [0.15, 0.2) is 12.2 Å². The Kier molecular flexibility index (Phi) is 4.78. The lowest BCUT2D eigenvalue weighted by atomic mass is 10.0. The Balaban J connectivity index is 1.94. The predicted octanol–water partition coefficient (Wildman–Crippen LogP) is 2.16. The fourth-order valence-electron chi connectivity index (χ4n) is 2.57. The highest BCUT2D eigenvalue weighted by Gasteiger charge is 2.36. The number of carbonyl (C=O) groups excluding carboxylic acids is 2. The molecule has 1 N–H and O–H groups in total. The summed E-state index contributed by atoms with van der Waals surface area (Å²) in [6.07, 6.45) is 6.94. The number of hydrogen-bond donors (Lipinski definition) is 1. The van der Waals surface area contributed by atoms with E-state index >= 15 is 0 Å². The van der Waals surface area contributed by atoms with E-state index in [-0.39, 0.29) is 23.4 Å². The first-order valence-corrected chi connectivity index (χ1v) is 8.38. The van der Waals surface area contributed by atoms with E-state index in [0.29, 0.717) is 24.0 Å². The van der Waals surface area contributed by atoms with E-state index in [1.807, 2.05) is 20.8 Å². The highest BCUT2D eigenvalue weighted by molar-refractivity contribution is 7.99. The summed E-state index contributed by atoms with van der Waals surface area (Å²) in [6.45, 7) is 5.88. The van der Waals surface area contributed by atoms with Gasteiger partial charge in [-0.1, -0.05) is 12.2 Å². The Morgan fingerprint density at radius 2 is 2.15 bits per heavy atom. The average Bonchev–Trinajstić information content (AvgIpc) is 2.96. The topological polar surface area (TPSA) is 49.4 Å². The van der Waals surface area contributed by atoms with Crippen LogP contribution in [0.25, 0.3) is 0 Å². The van der Waals surface area contributed by atoms with Crippen molar-refractivity contribution in [1.82, 2.24) is 10.2 Å². The summed E-state index contributed by atoms with van der Waals surface area (Å²) in [4.78, 5) is 26.4. The zero-order valence-corrected chi connectivity index (χ0v) is 13.3. The van der Waals surface area contributed by atoms with Crippen LogP contribution in [0, 0.1) is 5.92 Å². The largest absolute Gasteiger partial charge is 0.350 e. The second-order valence-electron chi connectivity index (χ2n) is 6.59. The minimum atomic E-state index is -0.308. The molecule has 0 bridgehead atoms. The summed E-state index contributed by atoms with van der Waals surface area (Å²) in [7, 11) is 0. The first kappa shape index (κ1) is 15.4. The standard InChI is InChI=1S/C15H24N2O2S/c1-15(2,3)16-14(19)12-9-20-10-17(12)13(18)8-11-6-4-5-7-11/h4,6,11-12H,5,7-10H2,1-3H3,(H,16,19)/t11-,12-/m1/s1. The third kappa shape index (κ3) is 4.01. The van der Waals surface area contributed by atoms with Gasteiger partial charge in [-0.3, -0.25) is 9.59 Å². The van der Waals surface area contributed by atoms with Crippen LogP contribution in [-0.2, 0) is 9.59 Å². The van der Waals surface area contributed by atoms with E-state index in [9.17, 15) is 9.59 Å². The molecule has 2 amide bonds. The van der Waals surface area contributed by atoms with Crippen LogP contribution in [-0.4, -0.2) is 39.9 Å². The number of amides is 2. The maximum absolute atomic E-state index is 12.4. The smallest absolute Gasteiger partial charge is 0.244 e. The Bertz CT molecular complexity index is 415. The van der Waals surface area contributed by atoms with Crippen molar-refractivity contribution in [2.24, 2.45) is 5.92 Å². The minimum Gasteiger partial charge on any atom is -0.350 e. The molecule has 0 spiro atoms. The SMILES string of the molecule is CC(C)(C)NC(=O)[C@H]1CSCN1C(=O)C[C@@H]1C=CCC1. The normalized spacial score (nSPS) is 26.1. The fourth-order valence-corrected chi connectivity index (χ4v) is 3.75. The van der Waals surface area contributed by atoms with Crippen molar-refractivity contribution in [3.05, 3.63) is 12.2 Å². The highest BCUT2D eigenvalue weighted by atomic mass is 32.2. The van der Waals surface area contributed by atoms with Gasteiger partial charge in [0.25, 0.3) is 0 Å². The Morgan fingerprint density at radius 1 is 1.40 bits per heavy atom. The first-order valence-electron chi connectivity index (χ1n) is 7.23. The number of hydrogen-bond acceptors (Lipinski definition) is 3. The van der Waals surface area contributed by atoms with Crippen molar-refractivity contribution < 1.29 is 9.59 Å². The van der Waals surface area contributed by atoms with Crippen molar-refractivity contribution in [2.75, 3.05) is 11.6 Å². The van der Waals surface area contributed by atoms with E-state index in [1.165, 1.54) is 0 Å². The number of nitrogens with zero attached hydrogens (tertiary/aromatic N) is 1. The quantitative estimate of drug-likeness (QED) is 0.812. The lowest BCUT2D eigenvalue weighted by Gasteiger charge is -2.28. The summed E-state index contributed by atoms with van der Waals surface area (Å²) in [5.74, 6) is 1.78. The molecule has 1 saturated heterocycles.